The van der Waals surface area contributed by atoms with Gasteiger partial charge in [-0.2, -0.15) is 0 Å². The average Bonchev–Trinajstić information content (AvgIpc) is 2.85. The molecule has 0 aromatic rings. The van der Waals surface area contributed by atoms with Crippen LogP contribution < -0.4 is 5.32 Å². The molecule has 3 fully saturated rings. The molecule has 2 aliphatic heterocycles. The van der Waals surface area contributed by atoms with Crippen LogP contribution in [-0.4, -0.2) is 91.6 Å². The van der Waals surface area contributed by atoms with Crippen molar-refractivity contribution in [1.29, 1.82) is 0 Å². The molecule has 0 spiro atoms. The van der Waals surface area contributed by atoms with Gasteiger partial charge in [0.25, 0.3) is 0 Å². The van der Waals surface area contributed by atoms with Crippen LogP contribution in [0.3, 0.4) is 0 Å². The van der Waals surface area contributed by atoms with Gasteiger partial charge in [-0.05, 0) is 18.3 Å². The molecule has 0 radical (unpaired) electrons. The summed E-state index contributed by atoms with van der Waals surface area (Å²) in [5.41, 5.74) is 0. The number of sulfone groups is 1. The Hall–Kier alpha value is -0.700. The molecular weight excluding hydrogens is 354 g/mol. The van der Waals surface area contributed by atoms with E-state index in [1.807, 2.05) is 0 Å². The molecule has 3 rings (SSSR count). The van der Waals surface area contributed by atoms with E-state index >= 15 is 0 Å². The fraction of sp³-hybridized carbons (Fsp3) is 0.944. The SMILES string of the molecule is C[C@H]1[C@H](C)CCC[C@@H]1NC(=O)CN1CCN([C@@H]2CS(=O)(=O)C[C@H]2O)CC1. The van der Waals surface area contributed by atoms with E-state index in [0.29, 0.717) is 31.5 Å². The Kier molecular flexibility index (Phi) is 6.26. The van der Waals surface area contributed by atoms with Gasteiger partial charge in [-0.3, -0.25) is 14.6 Å². The van der Waals surface area contributed by atoms with Gasteiger partial charge in [0.15, 0.2) is 9.84 Å². The minimum Gasteiger partial charge on any atom is -0.390 e. The summed E-state index contributed by atoms with van der Waals surface area (Å²) in [5.74, 6) is 1.19. The molecule has 150 valence electrons. The first-order chi connectivity index (χ1) is 12.2. The van der Waals surface area contributed by atoms with Gasteiger partial charge in [-0.15, -0.1) is 0 Å². The Bertz CT molecular complexity index is 604. The summed E-state index contributed by atoms with van der Waals surface area (Å²) in [6.45, 7) is 7.74. The van der Waals surface area contributed by atoms with Gasteiger partial charge in [0, 0.05) is 32.2 Å². The molecule has 5 atom stereocenters. The predicted octanol–water partition coefficient (Wildman–Crippen LogP) is -0.297. The lowest BCUT2D eigenvalue weighted by molar-refractivity contribution is -0.124. The number of rotatable bonds is 4. The highest BCUT2D eigenvalue weighted by molar-refractivity contribution is 7.91. The Balaban J connectivity index is 1.43. The maximum absolute atomic E-state index is 12.4. The molecule has 8 heteroatoms. The Morgan fingerprint density at radius 3 is 2.42 bits per heavy atom. The zero-order valence-electron chi connectivity index (χ0n) is 15.9. The lowest BCUT2D eigenvalue weighted by Crippen LogP contribution is -2.55. The van der Waals surface area contributed by atoms with Crippen LogP contribution in [0.1, 0.15) is 33.1 Å². The number of aliphatic hydroxyl groups is 1. The van der Waals surface area contributed by atoms with Crippen LogP contribution in [0, 0.1) is 11.8 Å². The standard InChI is InChI=1S/C18H33N3O4S/c1-13-4-3-5-15(14(13)2)19-18(23)10-20-6-8-21(9-7-20)16-11-26(24,25)12-17(16)22/h13-17,22H,3-12H2,1-2H3,(H,19,23)/t13-,14+,15+,16-,17-/m1/s1. The van der Waals surface area contributed by atoms with Crippen LogP contribution in [0.5, 0.6) is 0 Å². The molecule has 0 unspecified atom stereocenters. The van der Waals surface area contributed by atoms with Crippen molar-refractivity contribution in [2.45, 2.75) is 51.3 Å². The van der Waals surface area contributed by atoms with E-state index < -0.39 is 15.9 Å². The molecule has 3 aliphatic rings. The summed E-state index contributed by atoms with van der Waals surface area (Å²) in [6, 6.07) is -0.00747. The summed E-state index contributed by atoms with van der Waals surface area (Å²) in [4.78, 5) is 16.6. The highest BCUT2D eigenvalue weighted by Crippen LogP contribution is 2.29. The lowest BCUT2D eigenvalue weighted by Gasteiger charge is -2.39. The number of nitrogens with one attached hydrogen (secondary N) is 1. The van der Waals surface area contributed by atoms with Gasteiger partial charge in [-0.25, -0.2) is 8.42 Å². The van der Waals surface area contributed by atoms with Crippen molar-refractivity contribution in [3.05, 3.63) is 0 Å². The first-order valence-electron chi connectivity index (χ1n) is 9.89. The molecule has 0 aromatic heterocycles. The molecule has 7 nitrogen and oxygen atoms in total. The first kappa shape index (κ1) is 20.0. The van der Waals surface area contributed by atoms with Crippen molar-refractivity contribution in [3.8, 4) is 0 Å². The van der Waals surface area contributed by atoms with E-state index in [0.717, 1.165) is 19.5 Å². The molecule has 1 aliphatic carbocycles. The number of piperazine rings is 1. The van der Waals surface area contributed by atoms with E-state index in [1.54, 1.807) is 0 Å². The van der Waals surface area contributed by atoms with E-state index in [-0.39, 0.29) is 29.5 Å². The Morgan fingerprint density at radius 2 is 1.81 bits per heavy atom. The van der Waals surface area contributed by atoms with Crippen LogP contribution in [0.25, 0.3) is 0 Å². The van der Waals surface area contributed by atoms with E-state index in [1.165, 1.54) is 12.8 Å². The van der Waals surface area contributed by atoms with Crippen molar-refractivity contribution < 1.29 is 18.3 Å². The van der Waals surface area contributed by atoms with Gasteiger partial charge in [0.2, 0.25) is 5.91 Å². The third-order valence-corrected chi connectivity index (χ3v) is 8.29. The van der Waals surface area contributed by atoms with Crippen molar-refractivity contribution in [2.75, 3.05) is 44.2 Å². The largest absolute Gasteiger partial charge is 0.390 e. The number of amides is 1. The monoisotopic (exact) mass is 387 g/mol. The maximum Gasteiger partial charge on any atom is 0.234 e. The Morgan fingerprint density at radius 1 is 1.12 bits per heavy atom. The second kappa shape index (κ2) is 8.12. The molecule has 2 heterocycles. The molecular formula is C18H33N3O4S. The summed E-state index contributed by atoms with van der Waals surface area (Å²) >= 11 is 0. The topological polar surface area (TPSA) is 90.0 Å². The van der Waals surface area contributed by atoms with Crippen molar-refractivity contribution in [2.24, 2.45) is 11.8 Å². The molecule has 0 aromatic carbocycles. The summed E-state index contributed by atoms with van der Waals surface area (Å²) < 4.78 is 23.4. The first-order valence-corrected chi connectivity index (χ1v) is 11.7. The van der Waals surface area contributed by atoms with E-state index in [2.05, 4.69) is 29.0 Å². The predicted molar refractivity (Wildman–Crippen MR) is 101 cm³/mol. The number of hydrogen-bond acceptors (Lipinski definition) is 6. The fourth-order valence-electron chi connectivity index (χ4n) is 4.65. The minimum absolute atomic E-state index is 0.0480. The third-order valence-electron chi connectivity index (χ3n) is 6.59. The maximum atomic E-state index is 12.4. The average molecular weight is 388 g/mol. The molecule has 26 heavy (non-hydrogen) atoms. The molecule has 1 saturated carbocycles. The lowest BCUT2D eigenvalue weighted by atomic mass is 9.78. The summed E-state index contributed by atoms with van der Waals surface area (Å²) in [5, 5.41) is 13.2. The van der Waals surface area contributed by atoms with E-state index in [9.17, 15) is 18.3 Å². The van der Waals surface area contributed by atoms with Crippen molar-refractivity contribution in [3.63, 3.8) is 0 Å². The number of carbonyl (C=O) groups is 1. The van der Waals surface area contributed by atoms with Gasteiger partial charge >= 0.3 is 0 Å². The van der Waals surface area contributed by atoms with Crippen LogP contribution in [0.2, 0.25) is 0 Å². The zero-order valence-corrected chi connectivity index (χ0v) is 16.7. The van der Waals surface area contributed by atoms with Crippen molar-refractivity contribution >= 4 is 15.7 Å². The highest BCUT2D eigenvalue weighted by Gasteiger charge is 2.40. The Labute approximate surface area is 157 Å². The second-order valence-corrected chi connectivity index (χ2v) is 10.6. The van der Waals surface area contributed by atoms with Crippen molar-refractivity contribution in [1.82, 2.24) is 15.1 Å². The van der Waals surface area contributed by atoms with Crippen LogP contribution in [0.4, 0.5) is 0 Å². The number of carbonyl (C=O) groups excluding carboxylic acids is 1. The molecule has 1 amide bonds. The fourth-order valence-corrected chi connectivity index (χ4v) is 6.49. The number of aliphatic hydroxyl groups excluding tert-OH is 1. The molecule has 2 saturated heterocycles. The molecule has 0 bridgehead atoms. The van der Waals surface area contributed by atoms with Gasteiger partial charge in [-0.1, -0.05) is 26.7 Å². The third kappa shape index (κ3) is 4.77. The van der Waals surface area contributed by atoms with E-state index in [4.69, 9.17) is 0 Å². The van der Waals surface area contributed by atoms with Gasteiger partial charge in [0.1, 0.15) is 0 Å². The zero-order chi connectivity index (χ0) is 18.9. The molecule has 2 N–H and O–H groups in total. The highest BCUT2D eigenvalue weighted by atomic mass is 32.2. The quantitative estimate of drug-likeness (QED) is 0.689. The number of hydrogen-bond donors (Lipinski definition) is 2. The smallest absolute Gasteiger partial charge is 0.234 e. The second-order valence-electron chi connectivity index (χ2n) is 8.47. The van der Waals surface area contributed by atoms with Crippen LogP contribution in [-0.2, 0) is 14.6 Å². The number of nitrogens with zero attached hydrogens (tertiary/aromatic N) is 2. The van der Waals surface area contributed by atoms with Gasteiger partial charge < -0.3 is 10.4 Å². The normalized spacial score (nSPS) is 39.0. The van der Waals surface area contributed by atoms with Crippen LogP contribution in [0.15, 0.2) is 0 Å². The summed E-state index contributed by atoms with van der Waals surface area (Å²) in [7, 11) is -3.12. The minimum atomic E-state index is -3.12. The van der Waals surface area contributed by atoms with Gasteiger partial charge in [0.05, 0.1) is 30.2 Å². The summed E-state index contributed by atoms with van der Waals surface area (Å²) in [6.07, 6.45) is 2.71. The van der Waals surface area contributed by atoms with Crippen LogP contribution >= 0.6 is 0 Å².